The molecule has 5 rings (SSSR count). The summed E-state index contributed by atoms with van der Waals surface area (Å²) in [5, 5.41) is 15.2. The van der Waals surface area contributed by atoms with Gasteiger partial charge >= 0.3 is 0 Å². The molecule has 3 aromatic heterocycles. The summed E-state index contributed by atoms with van der Waals surface area (Å²) in [6.07, 6.45) is 0. The van der Waals surface area contributed by atoms with E-state index in [1.54, 1.807) is 29.5 Å². The first-order valence-electron chi connectivity index (χ1n) is 9.95. The van der Waals surface area contributed by atoms with Gasteiger partial charge in [0.2, 0.25) is 11.7 Å². The van der Waals surface area contributed by atoms with E-state index >= 15 is 0 Å². The molecule has 0 aliphatic carbocycles. The molecule has 0 radical (unpaired) electrons. The molecule has 2 aromatic carbocycles. The molecule has 0 saturated heterocycles. The Labute approximate surface area is 192 Å². The molecule has 5 aromatic rings. The maximum Gasteiger partial charge on any atom is 0.240 e. The number of thioether (sulfide) groups is 1. The highest BCUT2D eigenvalue weighted by molar-refractivity contribution is 7.99. The van der Waals surface area contributed by atoms with Crippen LogP contribution in [0.25, 0.3) is 22.1 Å². The van der Waals surface area contributed by atoms with Crippen LogP contribution in [0.15, 0.2) is 81.8 Å². The molecule has 0 bridgehead atoms. The maximum absolute atomic E-state index is 14.5. The van der Waals surface area contributed by atoms with Crippen molar-refractivity contribution >= 4 is 23.1 Å². The molecule has 0 fully saturated rings. The zero-order chi connectivity index (χ0) is 21.9. The summed E-state index contributed by atoms with van der Waals surface area (Å²) in [7, 11) is 0. The SMILES string of the molecule is CC(Sc1nnc(-c2ccccc2F)n1Cc1ccccc1)c1nc(-c2cccs2)no1. The quantitative estimate of drug-likeness (QED) is 0.272. The van der Waals surface area contributed by atoms with Crippen molar-refractivity contribution in [1.29, 1.82) is 0 Å². The smallest absolute Gasteiger partial charge is 0.240 e. The van der Waals surface area contributed by atoms with E-state index in [0.29, 0.717) is 34.8 Å². The highest BCUT2D eigenvalue weighted by Gasteiger charge is 2.23. The van der Waals surface area contributed by atoms with E-state index < -0.39 is 0 Å². The number of hydrogen-bond acceptors (Lipinski definition) is 7. The van der Waals surface area contributed by atoms with Crippen molar-refractivity contribution in [1.82, 2.24) is 24.9 Å². The molecule has 6 nitrogen and oxygen atoms in total. The highest BCUT2D eigenvalue weighted by atomic mass is 32.2. The topological polar surface area (TPSA) is 69.6 Å². The average Bonchev–Trinajstić information content (AvgIpc) is 3.57. The lowest BCUT2D eigenvalue weighted by Crippen LogP contribution is -2.05. The van der Waals surface area contributed by atoms with E-state index in [-0.39, 0.29) is 11.1 Å². The van der Waals surface area contributed by atoms with Crippen LogP contribution in [0.4, 0.5) is 4.39 Å². The van der Waals surface area contributed by atoms with Crippen molar-refractivity contribution in [2.24, 2.45) is 0 Å². The van der Waals surface area contributed by atoms with E-state index in [1.807, 2.05) is 59.3 Å². The van der Waals surface area contributed by atoms with Gasteiger partial charge in [0.1, 0.15) is 5.82 Å². The minimum Gasteiger partial charge on any atom is -0.338 e. The molecule has 1 atom stereocenters. The van der Waals surface area contributed by atoms with Crippen LogP contribution in [0.5, 0.6) is 0 Å². The van der Waals surface area contributed by atoms with Crippen molar-refractivity contribution < 1.29 is 8.91 Å². The molecule has 32 heavy (non-hydrogen) atoms. The van der Waals surface area contributed by atoms with Gasteiger partial charge in [0, 0.05) is 0 Å². The fraction of sp³-hybridized carbons (Fsp3) is 0.130. The van der Waals surface area contributed by atoms with Gasteiger partial charge in [0.25, 0.3) is 0 Å². The maximum atomic E-state index is 14.5. The molecule has 0 aliphatic heterocycles. The van der Waals surface area contributed by atoms with Crippen LogP contribution in [0, 0.1) is 5.82 Å². The highest BCUT2D eigenvalue weighted by Crippen LogP contribution is 2.36. The zero-order valence-corrected chi connectivity index (χ0v) is 18.7. The molecule has 9 heteroatoms. The van der Waals surface area contributed by atoms with Crippen LogP contribution in [-0.2, 0) is 6.54 Å². The first-order valence-corrected chi connectivity index (χ1v) is 11.7. The summed E-state index contributed by atoms with van der Waals surface area (Å²) in [5.41, 5.74) is 1.48. The minimum atomic E-state index is -0.337. The van der Waals surface area contributed by atoms with E-state index in [0.717, 1.165) is 10.4 Å². The number of benzene rings is 2. The van der Waals surface area contributed by atoms with Gasteiger partial charge < -0.3 is 4.52 Å². The van der Waals surface area contributed by atoms with E-state index in [9.17, 15) is 4.39 Å². The van der Waals surface area contributed by atoms with E-state index in [2.05, 4.69) is 20.3 Å². The van der Waals surface area contributed by atoms with Crippen LogP contribution < -0.4 is 0 Å². The van der Waals surface area contributed by atoms with Crippen LogP contribution in [-0.4, -0.2) is 24.9 Å². The lowest BCUT2D eigenvalue weighted by Gasteiger charge is -2.12. The summed E-state index contributed by atoms with van der Waals surface area (Å²) in [6.45, 7) is 2.48. The van der Waals surface area contributed by atoms with Gasteiger partial charge in [-0.1, -0.05) is 65.4 Å². The van der Waals surface area contributed by atoms with Crippen LogP contribution in [0.2, 0.25) is 0 Å². The number of hydrogen-bond donors (Lipinski definition) is 0. The lowest BCUT2D eigenvalue weighted by molar-refractivity contribution is 0.380. The lowest BCUT2D eigenvalue weighted by atomic mass is 10.2. The average molecular weight is 464 g/mol. The largest absolute Gasteiger partial charge is 0.338 e. The summed E-state index contributed by atoms with van der Waals surface area (Å²) >= 11 is 3.01. The number of aromatic nitrogens is 5. The molecule has 1 unspecified atom stereocenters. The zero-order valence-electron chi connectivity index (χ0n) is 17.1. The molecular formula is C23H18FN5OS2. The number of halogens is 1. The monoisotopic (exact) mass is 463 g/mol. The summed E-state index contributed by atoms with van der Waals surface area (Å²) in [4.78, 5) is 5.49. The van der Waals surface area contributed by atoms with Crippen LogP contribution in [0.1, 0.15) is 23.6 Å². The standard InChI is InChI=1S/C23H18FN5OS2/c1-15(22-25-20(28-30-22)19-12-7-13-31-19)32-23-27-26-21(17-10-5-6-11-18(17)24)29(23)14-16-8-3-2-4-9-16/h2-13,15H,14H2,1H3. The normalized spacial score (nSPS) is 12.2. The fourth-order valence-corrected chi connectivity index (χ4v) is 4.77. The Hall–Kier alpha value is -3.30. The Balaban J connectivity index is 1.47. The number of thiophene rings is 1. The Kier molecular flexibility index (Phi) is 5.83. The van der Waals surface area contributed by atoms with Gasteiger partial charge in [-0.3, -0.25) is 4.57 Å². The van der Waals surface area contributed by atoms with Gasteiger partial charge in [-0.25, -0.2) is 4.39 Å². The summed E-state index contributed by atoms with van der Waals surface area (Å²) in [6, 6.07) is 20.5. The second-order valence-corrected chi connectivity index (χ2v) is 9.31. The predicted molar refractivity (Wildman–Crippen MR) is 123 cm³/mol. The van der Waals surface area contributed by atoms with Gasteiger partial charge in [-0.2, -0.15) is 4.98 Å². The molecule has 3 heterocycles. The van der Waals surface area contributed by atoms with E-state index in [1.165, 1.54) is 17.8 Å². The first-order chi connectivity index (χ1) is 15.7. The van der Waals surface area contributed by atoms with Crippen molar-refractivity contribution in [3.63, 3.8) is 0 Å². The molecule has 160 valence electrons. The van der Waals surface area contributed by atoms with Crippen molar-refractivity contribution in [2.45, 2.75) is 23.9 Å². The molecule has 0 aliphatic rings. The van der Waals surface area contributed by atoms with Crippen LogP contribution >= 0.6 is 23.1 Å². The van der Waals surface area contributed by atoms with Crippen molar-refractivity contribution in [3.8, 4) is 22.1 Å². The third-order valence-corrected chi connectivity index (χ3v) is 6.76. The Morgan fingerprint density at radius 3 is 2.62 bits per heavy atom. The second kappa shape index (κ2) is 9.05. The summed E-state index contributed by atoms with van der Waals surface area (Å²) in [5.74, 6) is 1.21. The second-order valence-electron chi connectivity index (χ2n) is 7.05. The van der Waals surface area contributed by atoms with Gasteiger partial charge in [-0.05, 0) is 36.1 Å². The Morgan fingerprint density at radius 1 is 1.03 bits per heavy atom. The predicted octanol–water partition coefficient (Wildman–Crippen LogP) is 6.10. The molecule has 0 N–H and O–H groups in total. The molecule has 0 saturated carbocycles. The van der Waals surface area contributed by atoms with Gasteiger partial charge in [0.05, 0.1) is 22.2 Å². The Bertz CT molecular complexity index is 1320. The molecular weight excluding hydrogens is 445 g/mol. The van der Waals surface area contributed by atoms with Crippen LogP contribution in [0.3, 0.4) is 0 Å². The minimum absolute atomic E-state index is 0.164. The Morgan fingerprint density at radius 2 is 1.84 bits per heavy atom. The summed E-state index contributed by atoms with van der Waals surface area (Å²) < 4.78 is 22.0. The molecule has 0 amide bonds. The fourth-order valence-electron chi connectivity index (χ4n) is 3.24. The number of rotatable bonds is 7. The van der Waals surface area contributed by atoms with E-state index in [4.69, 9.17) is 4.52 Å². The third kappa shape index (κ3) is 4.21. The first kappa shape index (κ1) is 20.6. The third-order valence-electron chi connectivity index (χ3n) is 4.83. The van der Waals surface area contributed by atoms with Gasteiger partial charge in [0.15, 0.2) is 11.0 Å². The molecule has 0 spiro atoms. The van der Waals surface area contributed by atoms with Gasteiger partial charge in [-0.15, -0.1) is 21.5 Å². The van der Waals surface area contributed by atoms with Crippen molar-refractivity contribution in [2.75, 3.05) is 0 Å². The van der Waals surface area contributed by atoms with Crippen molar-refractivity contribution in [3.05, 3.63) is 89.4 Å². The number of nitrogens with zero attached hydrogens (tertiary/aromatic N) is 5.